The molecule has 0 spiro atoms. The van der Waals surface area contributed by atoms with E-state index in [-0.39, 0.29) is 0 Å². The number of carbonyl (C=O) groups is 1. The lowest BCUT2D eigenvalue weighted by Crippen LogP contribution is -2.51. The first kappa shape index (κ1) is 22.5. The highest BCUT2D eigenvalue weighted by Crippen LogP contribution is 2.30. The third-order valence-corrected chi connectivity index (χ3v) is 6.34. The van der Waals surface area contributed by atoms with Gasteiger partial charge >= 0.3 is 5.97 Å². The molecule has 0 amide bonds. The molecular weight excluding hydrogens is 436 g/mol. The number of anilines is 1. The number of esters is 1. The number of hydrogen-bond donors (Lipinski definition) is 4. The summed E-state index contributed by atoms with van der Waals surface area (Å²) in [7, 11) is 1.37. The minimum Gasteiger partial charge on any atom is -0.465 e. The minimum absolute atomic E-state index is 0.320. The summed E-state index contributed by atoms with van der Waals surface area (Å²) in [6.45, 7) is 0. The molecule has 0 bridgehead atoms. The fourth-order valence-corrected chi connectivity index (χ4v) is 4.92. The third kappa shape index (κ3) is 6.65. The zero-order valence-corrected chi connectivity index (χ0v) is 19.3. The zero-order chi connectivity index (χ0) is 21.3. The number of thiocarbonyl (C=S) groups is 2. The molecule has 0 radical (unpaired) electrons. The summed E-state index contributed by atoms with van der Waals surface area (Å²) in [4.78, 5) is 13.2. The number of thiophene rings is 1. The maximum absolute atomic E-state index is 12.2. The first-order valence-electron chi connectivity index (χ1n) is 9.93. The molecule has 0 aliphatic heterocycles. The van der Waals surface area contributed by atoms with Crippen LogP contribution in [0.15, 0.2) is 36.4 Å². The van der Waals surface area contributed by atoms with E-state index in [0.717, 1.165) is 24.1 Å². The van der Waals surface area contributed by atoms with E-state index in [9.17, 15) is 4.79 Å². The average Bonchev–Trinajstić information content (AvgIpc) is 3.15. The predicted octanol–water partition coefficient (Wildman–Crippen LogP) is 4.12. The molecule has 1 aromatic heterocycles. The summed E-state index contributed by atoms with van der Waals surface area (Å²) in [5.74, 6) is -0.404. The van der Waals surface area contributed by atoms with Gasteiger partial charge in [-0.3, -0.25) is 10.9 Å². The lowest BCUT2D eigenvalue weighted by molar-refractivity contribution is 0.0602. The maximum atomic E-state index is 12.2. The van der Waals surface area contributed by atoms with Crippen molar-refractivity contribution < 1.29 is 9.53 Å². The molecular formula is C21H26N4O2S3. The van der Waals surface area contributed by atoms with Crippen LogP contribution in [0, 0.1) is 0 Å². The van der Waals surface area contributed by atoms with Crippen LogP contribution in [0.4, 0.5) is 5.00 Å². The van der Waals surface area contributed by atoms with Crippen molar-refractivity contribution >= 4 is 57.0 Å². The molecule has 1 fully saturated rings. The van der Waals surface area contributed by atoms with Crippen LogP contribution in [0.25, 0.3) is 0 Å². The van der Waals surface area contributed by atoms with Crippen molar-refractivity contribution in [2.45, 2.75) is 44.6 Å². The number of hydrogen-bond acceptors (Lipinski definition) is 5. The third-order valence-electron chi connectivity index (χ3n) is 4.87. The number of carbonyl (C=O) groups excluding carboxylic acids is 1. The van der Waals surface area contributed by atoms with Crippen molar-refractivity contribution in [2.24, 2.45) is 0 Å². The van der Waals surface area contributed by atoms with Gasteiger partial charge in [-0.15, -0.1) is 11.3 Å². The molecule has 2 aromatic rings. The summed E-state index contributed by atoms with van der Waals surface area (Å²) in [5.41, 5.74) is 7.43. The van der Waals surface area contributed by atoms with Crippen LogP contribution >= 0.6 is 35.8 Å². The molecule has 0 unspecified atom stereocenters. The molecule has 1 saturated carbocycles. The van der Waals surface area contributed by atoms with E-state index in [1.165, 1.54) is 43.3 Å². The van der Waals surface area contributed by atoms with Crippen molar-refractivity contribution in [1.29, 1.82) is 0 Å². The molecule has 1 aliphatic carbocycles. The van der Waals surface area contributed by atoms with Crippen molar-refractivity contribution in [3.05, 3.63) is 52.4 Å². The van der Waals surface area contributed by atoms with Gasteiger partial charge in [0, 0.05) is 17.3 Å². The predicted molar refractivity (Wildman–Crippen MR) is 130 cm³/mol. The van der Waals surface area contributed by atoms with Crippen molar-refractivity contribution in [1.82, 2.24) is 16.2 Å². The van der Waals surface area contributed by atoms with Crippen LogP contribution in [0.1, 0.15) is 52.9 Å². The van der Waals surface area contributed by atoms with Crippen molar-refractivity contribution in [3.63, 3.8) is 0 Å². The second-order valence-corrected chi connectivity index (χ2v) is 9.08. The molecule has 0 saturated heterocycles. The molecule has 9 heteroatoms. The Kier molecular flexibility index (Phi) is 8.41. The monoisotopic (exact) mass is 462 g/mol. The van der Waals surface area contributed by atoms with E-state index in [2.05, 4.69) is 33.6 Å². The van der Waals surface area contributed by atoms with Gasteiger partial charge in [-0.25, -0.2) is 4.79 Å². The SMILES string of the molecule is COC(=O)c1cc(Cc2ccccc2)sc1NC(=S)NNC(=S)NC1CCCCC1. The Morgan fingerprint density at radius 3 is 2.50 bits per heavy atom. The Labute approximate surface area is 191 Å². The number of ether oxygens (including phenoxy) is 1. The summed E-state index contributed by atoms with van der Waals surface area (Å²) < 4.78 is 4.92. The Hall–Kier alpha value is -2.23. The lowest BCUT2D eigenvalue weighted by Gasteiger charge is -2.24. The normalized spacial score (nSPS) is 13.9. The summed E-state index contributed by atoms with van der Waals surface area (Å²) in [5, 5.41) is 7.85. The van der Waals surface area contributed by atoms with Gasteiger partial charge in [0.15, 0.2) is 10.2 Å². The standard InChI is InChI=1S/C21H26N4O2S3/c1-27-19(26)17-13-16(12-14-8-4-2-5-9-14)30-18(17)23-21(29)25-24-20(28)22-15-10-6-3-7-11-15/h2,4-5,8-9,13,15H,3,6-7,10-12H2,1H3,(H2,22,24,28)(H2,23,25,29). The maximum Gasteiger partial charge on any atom is 0.340 e. The van der Waals surface area contributed by atoms with Crippen molar-refractivity contribution in [3.8, 4) is 0 Å². The Morgan fingerprint density at radius 2 is 1.80 bits per heavy atom. The average molecular weight is 463 g/mol. The first-order valence-corrected chi connectivity index (χ1v) is 11.6. The fraction of sp³-hybridized carbons (Fsp3) is 0.381. The van der Waals surface area contributed by atoms with Gasteiger partial charge in [-0.2, -0.15) is 0 Å². The van der Waals surface area contributed by atoms with E-state index in [4.69, 9.17) is 29.2 Å². The largest absolute Gasteiger partial charge is 0.465 e. The molecule has 30 heavy (non-hydrogen) atoms. The molecule has 1 aliphatic rings. The molecule has 160 valence electrons. The van der Waals surface area contributed by atoms with E-state index in [1.54, 1.807) is 0 Å². The number of benzene rings is 1. The van der Waals surface area contributed by atoms with Crippen LogP contribution in [0.2, 0.25) is 0 Å². The molecule has 4 N–H and O–H groups in total. The van der Waals surface area contributed by atoms with Gasteiger partial charge in [-0.05, 0) is 48.9 Å². The molecule has 0 atom stereocenters. The summed E-state index contributed by atoms with van der Waals surface area (Å²) >= 11 is 12.2. The van der Waals surface area contributed by atoms with Gasteiger partial charge in [-0.1, -0.05) is 49.6 Å². The quantitative estimate of drug-likeness (QED) is 0.300. The second kappa shape index (κ2) is 11.2. The van der Waals surface area contributed by atoms with Gasteiger partial charge in [0.1, 0.15) is 5.00 Å². The second-order valence-electron chi connectivity index (χ2n) is 7.12. The van der Waals surface area contributed by atoms with E-state index >= 15 is 0 Å². The van der Waals surface area contributed by atoms with Crippen LogP contribution < -0.4 is 21.5 Å². The molecule has 1 heterocycles. The number of nitrogens with one attached hydrogen (secondary N) is 4. The Bertz CT molecular complexity index is 880. The van der Waals surface area contributed by atoms with Gasteiger partial charge in [0.2, 0.25) is 0 Å². The number of methoxy groups -OCH3 is 1. The fourth-order valence-electron chi connectivity index (χ4n) is 3.40. The highest BCUT2D eigenvalue weighted by Gasteiger charge is 2.18. The van der Waals surface area contributed by atoms with Crippen LogP contribution in [0.3, 0.4) is 0 Å². The van der Waals surface area contributed by atoms with Crippen LogP contribution in [0.5, 0.6) is 0 Å². The smallest absolute Gasteiger partial charge is 0.340 e. The lowest BCUT2D eigenvalue weighted by atomic mass is 9.96. The highest BCUT2D eigenvalue weighted by molar-refractivity contribution is 7.80. The first-order chi connectivity index (χ1) is 14.5. The van der Waals surface area contributed by atoms with Crippen LogP contribution in [-0.4, -0.2) is 29.3 Å². The number of rotatable bonds is 5. The highest BCUT2D eigenvalue weighted by atomic mass is 32.1. The Balaban J connectivity index is 1.57. The van der Waals surface area contributed by atoms with Crippen molar-refractivity contribution in [2.75, 3.05) is 12.4 Å². The Morgan fingerprint density at radius 1 is 1.10 bits per heavy atom. The molecule has 1 aromatic carbocycles. The zero-order valence-electron chi connectivity index (χ0n) is 16.8. The van der Waals surface area contributed by atoms with Crippen LogP contribution in [-0.2, 0) is 11.2 Å². The summed E-state index contributed by atoms with van der Waals surface area (Å²) in [6.07, 6.45) is 6.74. The van der Waals surface area contributed by atoms with E-state index in [0.29, 0.717) is 26.8 Å². The van der Waals surface area contributed by atoms with E-state index in [1.807, 2.05) is 24.3 Å². The van der Waals surface area contributed by atoms with Gasteiger partial charge in [0.05, 0.1) is 12.7 Å². The van der Waals surface area contributed by atoms with Gasteiger partial charge in [0.25, 0.3) is 0 Å². The molecule has 6 nitrogen and oxygen atoms in total. The van der Waals surface area contributed by atoms with Gasteiger partial charge < -0.3 is 15.4 Å². The van der Waals surface area contributed by atoms with E-state index < -0.39 is 5.97 Å². The summed E-state index contributed by atoms with van der Waals surface area (Å²) in [6, 6.07) is 12.3. The topological polar surface area (TPSA) is 74.4 Å². The molecule has 3 rings (SSSR count). The number of hydrazine groups is 1. The minimum atomic E-state index is -0.404.